The van der Waals surface area contributed by atoms with E-state index in [4.69, 9.17) is 0 Å². The van der Waals surface area contributed by atoms with E-state index in [0.29, 0.717) is 0 Å². The summed E-state index contributed by atoms with van der Waals surface area (Å²) in [5, 5.41) is 0. The molecule has 0 aromatic rings. The van der Waals surface area contributed by atoms with Crippen molar-refractivity contribution in [1.82, 2.24) is 0 Å². The van der Waals surface area contributed by atoms with Crippen LogP contribution in [0.5, 0.6) is 0 Å². The zero-order chi connectivity index (χ0) is 4.28. The zero-order valence-electron chi connectivity index (χ0n) is 5.32. The molecule has 2 nitrogen and oxygen atoms in total. The normalized spacial score (nSPS) is 5.67. The molecule has 0 amide bonds. The third-order valence-electron chi connectivity index (χ3n) is 0.287. The molecule has 0 spiro atoms. The van der Waals surface area contributed by atoms with Crippen LogP contribution in [-0.2, 0) is 9.53 Å². The number of hydrogen-bond acceptors (Lipinski definition) is 2. The molecule has 0 radical (unpaired) electrons. The average Bonchev–Trinajstić information content (AvgIpc) is 1.38. The van der Waals surface area contributed by atoms with E-state index in [0.717, 1.165) is 0 Å². The van der Waals surface area contributed by atoms with Gasteiger partial charge < -0.3 is 6.16 Å². The maximum absolute atomic E-state index is 9.59. The van der Waals surface area contributed by atoms with Crippen molar-refractivity contribution in [2.75, 3.05) is 7.11 Å². The van der Waals surface area contributed by atoms with Gasteiger partial charge in [-0.05, 0) is 0 Å². The summed E-state index contributed by atoms with van der Waals surface area (Å²) < 4.78 is 4.11. The third-order valence-corrected chi connectivity index (χ3v) is 0.287. The Morgan fingerprint density at radius 2 is 2.00 bits per heavy atom. The Labute approximate surface area is 50.5 Å². The van der Waals surface area contributed by atoms with Crippen LogP contribution in [0.15, 0.2) is 0 Å². The average molecular weight is 82.0 g/mol. The molecule has 32 valence electrons. The smallest absolute Gasteiger partial charge is 1.00 e. The van der Waals surface area contributed by atoms with E-state index >= 15 is 0 Å². The first kappa shape index (κ1) is 9.42. The molecule has 0 saturated carbocycles. The Bertz CT molecular complexity index is 48.2. The molecular formula is C3H7LiO2. The van der Waals surface area contributed by atoms with Crippen LogP contribution in [0.1, 0.15) is 8.35 Å². The van der Waals surface area contributed by atoms with Gasteiger partial charge in [0.05, 0.1) is 7.11 Å². The van der Waals surface area contributed by atoms with Crippen molar-refractivity contribution in [1.29, 1.82) is 0 Å². The topological polar surface area (TPSA) is 26.3 Å². The molecule has 6 heavy (non-hydrogen) atoms. The zero-order valence-corrected chi connectivity index (χ0v) is 4.32. The van der Waals surface area contributed by atoms with E-state index in [2.05, 4.69) is 4.74 Å². The Balaban J connectivity index is -0.0000000800. The fraction of sp³-hybridized carbons (Fsp3) is 0.667. The number of ether oxygens (including phenoxy) is 1. The van der Waals surface area contributed by atoms with Gasteiger partial charge in [-0.3, -0.25) is 4.79 Å². The Morgan fingerprint density at radius 1 is 1.83 bits per heavy atom. The molecule has 3 heteroatoms. The van der Waals surface area contributed by atoms with E-state index in [1.807, 2.05) is 0 Å². The molecule has 0 aromatic carbocycles. The monoisotopic (exact) mass is 82.1 g/mol. The fourth-order valence-electron chi connectivity index (χ4n) is 0. The molecule has 0 aromatic heterocycles. The second-order valence-corrected chi connectivity index (χ2v) is 0.696. The van der Waals surface area contributed by atoms with Gasteiger partial charge >= 0.3 is 24.8 Å². The summed E-state index contributed by atoms with van der Waals surface area (Å²) >= 11 is 0. The first-order valence-corrected chi connectivity index (χ1v) is 1.32. The van der Waals surface area contributed by atoms with Gasteiger partial charge in [0.25, 0.3) is 0 Å². The molecule has 0 fully saturated rings. The number of carbonyl (C=O) groups excluding carboxylic acids is 1. The van der Waals surface area contributed by atoms with E-state index in [9.17, 15) is 4.79 Å². The van der Waals surface area contributed by atoms with Crippen molar-refractivity contribution < 1.29 is 29.8 Å². The maximum atomic E-state index is 9.59. The molecule has 0 aliphatic carbocycles. The molecule has 0 unspecified atom stereocenters. The molecule has 0 bridgehead atoms. The molecule has 0 saturated heterocycles. The van der Waals surface area contributed by atoms with Crippen molar-refractivity contribution in [3.05, 3.63) is 0 Å². The maximum Gasteiger partial charge on any atom is 1.00 e. The molecule has 0 aliphatic rings. The van der Waals surface area contributed by atoms with Gasteiger partial charge in [-0.1, -0.05) is 0 Å². The van der Waals surface area contributed by atoms with Gasteiger partial charge in [-0.25, -0.2) is 0 Å². The predicted octanol–water partition coefficient (Wildman–Crippen LogP) is -2.70. The van der Waals surface area contributed by atoms with Crippen LogP contribution in [-0.4, -0.2) is 13.1 Å². The summed E-state index contributed by atoms with van der Waals surface area (Å²) in [4.78, 5) is 9.59. The second-order valence-electron chi connectivity index (χ2n) is 0.696. The van der Waals surface area contributed by atoms with Gasteiger partial charge in [-0.15, -0.1) is 0 Å². The van der Waals surface area contributed by atoms with E-state index in [1.165, 1.54) is 14.0 Å². The standard InChI is InChI=1S/C3H6O2.Li.H/c1-3(4)5-2;;/h1-2H3;;/q;+1;-1. The van der Waals surface area contributed by atoms with Gasteiger partial charge in [0.2, 0.25) is 0 Å². The van der Waals surface area contributed by atoms with Crippen molar-refractivity contribution in [3.63, 3.8) is 0 Å². The number of methoxy groups -OCH3 is 1. The Morgan fingerprint density at radius 3 is 2.00 bits per heavy atom. The molecule has 0 N–H and O–H groups in total. The molecule has 0 atom stereocenters. The van der Waals surface area contributed by atoms with E-state index in [-0.39, 0.29) is 26.3 Å². The quantitative estimate of drug-likeness (QED) is 0.235. The minimum absolute atomic E-state index is 0. The summed E-state index contributed by atoms with van der Waals surface area (Å²) in [7, 11) is 1.35. The summed E-state index contributed by atoms with van der Waals surface area (Å²) in [6.45, 7) is 1.36. The van der Waals surface area contributed by atoms with Crippen molar-refractivity contribution in [2.45, 2.75) is 6.92 Å². The largest absolute Gasteiger partial charge is 1.00 e. The number of carbonyl (C=O) groups is 1. The van der Waals surface area contributed by atoms with Crippen molar-refractivity contribution in [2.24, 2.45) is 0 Å². The molecule has 0 aliphatic heterocycles. The fourth-order valence-corrected chi connectivity index (χ4v) is 0. The van der Waals surface area contributed by atoms with Crippen LogP contribution < -0.4 is 18.9 Å². The van der Waals surface area contributed by atoms with Gasteiger partial charge in [-0.2, -0.15) is 0 Å². The molecule has 0 heterocycles. The van der Waals surface area contributed by atoms with Crippen LogP contribution >= 0.6 is 0 Å². The van der Waals surface area contributed by atoms with Crippen molar-refractivity contribution >= 4 is 5.97 Å². The Kier molecular flexibility index (Phi) is 7.95. The van der Waals surface area contributed by atoms with Crippen LogP contribution in [0.25, 0.3) is 0 Å². The summed E-state index contributed by atoms with van der Waals surface area (Å²) in [6, 6.07) is 0. The summed E-state index contributed by atoms with van der Waals surface area (Å²) in [6.07, 6.45) is 0. The molecule has 0 rings (SSSR count). The minimum Gasteiger partial charge on any atom is -1.00 e. The first-order valence-electron chi connectivity index (χ1n) is 1.32. The second kappa shape index (κ2) is 5.07. The van der Waals surface area contributed by atoms with Crippen LogP contribution in [0.3, 0.4) is 0 Å². The van der Waals surface area contributed by atoms with E-state index < -0.39 is 0 Å². The van der Waals surface area contributed by atoms with Gasteiger partial charge in [0, 0.05) is 6.92 Å². The number of esters is 1. The first-order chi connectivity index (χ1) is 2.27. The SMILES string of the molecule is COC(C)=O.[H-].[Li+]. The minimum atomic E-state index is -0.245. The van der Waals surface area contributed by atoms with Crippen molar-refractivity contribution in [3.8, 4) is 0 Å². The Hall–Kier alpha value is 0.0674. The van der Waals surface area contributed by atoms with Gasteiger partial charge in [0.15, 0.2) is 0 Å². The van der Waals surface area contributed by atoms with Crippen LogP contribution in [0, 0.1) is 0 Å². The summed E-state index contributed by atoms with van der Waals surface area (Å²) in [5.41, 5.74) is 0. The summed E-state index contributed by atoms with van der Waals surface area (Å²) in [5.74, 6) is -0.245. The third kappa shape index (κ3) is 8.95. The number of hydrogen-bond donors (Lipinski definition) is 0. The van der Waals surface area contributed by atoms with E-state index in [1.54, 1.807) is 0 Å². The molecular weight excluding hydrogens is 75.0 g/mol. The number of rotatable bonds is 0. The van der Waals surface area contributed by atoms with Gasteiger partial charge in [0.1, 0.15) is 0 Å². The van der Waals surface area contributed by atoms with Crippen LogP contribution in [0.2, 0.25) is 0 Å². The van der Waals surface area contributed by atoms with Crippen LogP contribution in [0.4, 0.5) is 0 Å². The predicted molar refractivity (Wildman–Crippen MR) is 18.8 cm³/mol.